The number of nitrogens with zero attached hydrogens (tertiary/aromatic N) is 1. The van der Waals surface area contributed by atoms with Gasteiger partial charge in [0.25, 0.3) is 0 Å². The number of carbonyl (C=O) groups excluding carboxylic acids is 3. The summed E-state index contributed by atoms with van der Waals surface area (Å²) in [5, 5.41) is 16.4. The Morgan fingerprint density at radius 2 is 1.97 bits per heavy atom. The molecule has 0 saturated heterocycles. The first-order valence-corrected chi connectivity index (χ1v) is 12.6. The smallest absolute Gasteiger partial charge is 0.319 e. The van der Waals surface area contributed by atoms with Gasteiger partial charge in [-0.1, -0.05) is 47.1 Å². The van der Waals surface area contributed by atoms with Crippen LogP contribution < -0.4 is 15.4 Å². The number of nitriles is 1. The second kappa shape index (κ2) is 12.2. The Bertz CT molecular complexity index is 1270. The quantitative estimate of drug-likeness (QED) is 0.359. The van der Waals surface area contributed by atoms with Crippen molar-refractivity contribution in [2.24, 2.45) is 5.92 Å². The summed E-state index contributed by atoms with van der Waals surface area (Å²) >= 11 is 13.4. The second-order valence-corrected chi connectivity index (χ2v) is 9.49. The van der Waals surface area contributed by atoms with E-state index >= 15 is 0 Å². The van der Waals surface area contributed by atoms with Gasteiger partial charge in [0.2, 0.25) is 11.8 Å². The molecule has 1 aliphatic heterocycles. The number of carbonyl (C=O) groups is 3. The topological polar surface area (TPSA) is 118 Å². The third-order valence-electron chi connectivity index (χ3n) is 5.49. The average Bonchev–Trinajstić information content (AvgIpc) is 2.86. The molecule has 11 heteroatoms. The zero-order valence-corrected chi connectivity index (χ0v) is 22.0. The highest BCUT2D eigenvalue weighted by atomic mass is 35.5. The van der Waals surface area contributed by atoms with Gasteiger partial charge in [0.1, 0.15) is 11.7 Å². The van der Waals surface area contributed by atoms with Crippen LogP contribution in [-0.4, -0.2) is 37.3 Å². The second-order valence-electron chi connectivity index (χ2n) is 7.69. The van der Waals surface area contributed by atoms with E-state index in [2.05, 4.69) is 16.7 Å². The number of methoxy groups -OCH3 is 1. The molecule has 0 bridgehead atoms. The summed E-state index contributed by atoms with van der Waals surface area (Å²) < 4.78 is 10.3. The van der Waals surface area contributed by atoms with Gasteiger partial charge < -0.3 is 20.1 Å². The number of hydrogen-bond donors (Lipinski definition) is 2. The zero-order chi connectivity index (χ0) is 26.4. The van der Waals surface area contributed by atoms with E-state index < -0.39 is 23.7 Å². The predicted octanol–water partition coefficient (Wildman–Crippen LogP) is 4.81. The molecule has 1 heterocycles. The molecule has 0 aromatic heterocycles. The maximum absolute atomic E-state index is 13.0. The summed E-state index contributed by atoms with van der Waals surface area (Å²) in [4.78, 5) is 38.1. The number of esters is 1. The van der Waals surface area contributed by atoms with Crippen molar-refractivity contribution < 1.29 is 23.9 Å². The maximum atomic E-state index is 13.0. The third-order valence-corrected chi connectivity index (χ3v) is 7.21. The largest absolute Gasteiger partial charge is 0.492 e. The zero-order valence-electron chi connectivity index (χ0n) is 19.7. The van der Waals surface area contributed by atoms with Crippen LogP contribution in [0.4, 0.5) is 5.69 Å². The lowest BCUT2D eigenvalue weighted by Crippen LogP contribution is -2.44. The molecule has 2 aromatic carbocycles. The van der Waals surface area contributed by atoms with Crippen molar-refractivity contribution in [2.75, 3.05) is 24.8 Å². The minimum absolute atomic E-state index is 0.105. The van der Waals surface area contributed by atoms with Gasteiger partial charge in [-0.25, -0.2) is 0 Å². The number of hydrogen-bond acceptors (Lipinski definition) is 7. The van der Waals surface area contributed by atoms with E-state index in [0.29, 0.717) is 34.2 Å². The van der Waals surface area contributed by atoms with Gasteiger partial charge in [-0.05, 0) is 49.2 Å². The van der Waals surface area contributed by atoms with Gasteiger partial charge in [-0.3, -0.25) is 14.4 Å². The maximum Gasteiger partial charge on any atom is 0.319 e. The molecule has 0 saturated carbocycles. The van der Waals surface area contributed by atoms with Crippen LogP contribution in [0.3, 0.4) is 0 Å². The van der Waals surface area contributed by atoms with Crippen LogP contribution in [-0.2, 0) is 19.1 Å². The van der Waals surface area contributed by atoms with Gasteiger partial charge in [0, 0.05) is 16.6 Å². The van der Waals surface area contributed by atoms with Crippen molar-refractivity contribution in [3.8, 4) is 11.8 Å². The number of allylic oxidation sites excluding steroid dienone is 1. The molecule has 0 radical (unpaired) electrons. The molecular weight excluding hydrogens is 525 g/mol. The summed E-state index contributed by atoms with van der Waals surface area (Å²) in [6, 6.07) is 12.1. The van der Waals surface area contributed by atoms with Crippen molar-refractivity contribution in [3.63, 3.8) is 0 Å². The summed E-state index contributed by atoms with van der Waals surface area (Å²) in [5.74, 6) is -3.76. The van der Waals surface area contributed by atoms with Gasteiger partial charge >= 0.3 is 5.97 Å². The molecule has 36 heavy (non-hydrogen) atoms. The molecule has 0 aliphatic carbocycles. The van der Waals surface area contributed by atoms with Crippen molar-refractivity contribution in [3.05, 3.63) is 68.2 Å². The Kier molecular flexibility index (Phi) is 9.26. The number of halogens is 2. The summed E-state index contributed by atoms with van der Waals surface area (Å²) in [7, 11) is 1.17. The molecule has 0 unspecified atom stereocenters. The van der Waals surface area contributed by atoms with E-state index in [9.17, 15) is 19.6 Å². The Morgan fingerprint density at radius 3 is 2.61 bits per heavy atom. The molecule has 0 spiro atoms. The lowest BCUT2D eigenvalue weighted by molar-refractivity contribution is -0.150. The normalized spacial score (nSPS) is 17.2. The predicted molar refractivity (Wildman–Crippen MR) is 139 cm³/mol. The molecule has 2 amide bonds. The summed E-state index contributed by atoms with van der Waals surface area (Å²) in [6.07, 6.45) is 0. The van der Waals surface area contributed by atoms with Crippen LogP contribution in [0.15, 0.2) is 47.0 Å². The van der Waals surface area contributed by atoms with Gasteiger partial charge in [-0.15, -0.1) is 0 Å². The molecule has 2 aromatic rings. The Hall–Kier alpha value is -3.19. The van der Waals surface area contributed by atoms with Crippen molar-refractivity contribution in [1.29, 1.82) is 5.26 Å². The summed E-state index contributed by atoms with van der Waals surface area (Å²) in [5.41, 5.74) is 1.85. The van der Waals surface area contributed by atoms with Crippen LogP contribution in [0, 0.1) is 24.2 Å². The highest BCUT2D eigenvalue weighted by molar-refractivity contribution is 8.03. The fourth-order valence-corrected chi connectivity index (χ4v) is 5.00. The third kappa shape index (κ3) is 5.95. The summed E-state index contributed by atoms with van der Waals surface area (Å²) in [6.45, 7) is 3.99. The van der Waals surface area contributed by atoms with Crippen LogP contribution in [0.2, 0.25) is 10.0 Å². The average molecular weight is 548 g/mol. The number of benzene rings is 2. The van der Waals surface area contributed by atoms with Crippen LogP contribution in [0.25, 0.3) is 0 Å². The van der Waals surface area contributed by atoms with Gasteiger partial charge in [0.05, 0.1) is 41.2 Å². The van der Waals surface area contributed by atoms with E-state index in [-0.39, 0.29) is 27.3 Å². The lowest BCUT2D eigenvalue weighted by atomic mass is 9.78. The number of amides is 2. The van der Waals surface area contributed by atoms with E-state index in [0.717, 1.165) is 11.8 Å². The van der Waals surface area contributed by atoms with Gasteiger partial charge in [0.15, 0.2) is 0 Å². The van der Waals surface area contributed by atoms with Crippen molar-refractivity contribution in [2.45, 2.75) is 19.8 Å². The number of anilines is 1. The minimum Gasteiger partial charge on any atom is -0.492 e. The highest BCUT2D eigenvalue weighted by Crippen LogP contribution is 2.42. The number of thioether (sulfide) groups is 1. The molecular formula is C25H23Cl2N3O5S. The first kappa shape index (κ1) is 27.4. The fourth-order valence-electron chi connectivity index (χ4n) is 3.73. The fraction of sp³-hybridized carbons (Fsp3) is 0.280. The molecule has 3 rings (SSSR count). The monoisotopic (exact) mass is 547 g/mol. The Balaban J connectivity index is 1.93. The number of nitrogens with one attached hydrogen (secondary N) is 2. The minimum atomic E-state index is -1.31. The van der Waals surface area contributed by atoms with E-state index in [1.54, 1.807) is 43.3 Å². The molecule has 188 valence electrons. The van der Waals surface area contributed by atoms with E-state index in [1.165, 1.54) is 7.11 Å². The number of ether oxygens (including phenoxy) is 2. The first-order chi connectivity index (χ1) is 17.2. The van der Waals surface area contributed by atoms with Crippen LogP contribution in [0.5, 0.6) is 5.75 Å². The number of rotatable bonds is 8. The van der Waals surface area contributed by atoms with Crippen molar-refractivity contribution >= 4 is 58.4 Å². The van der Waals surface area contributed by atoms with Gasteiger partial charge in [-0.2, -0.15) is 5.26 Å². The highest BCUT2D eigenvalue weighted by Gasteiger charge is 2.44. The molecule has 0 fully saturated rings. The van der Waals surface area contributed by atoms with Crippen molar-refractivity contribution in [1.82, 2.24) is 5.32 Å². The standard InChI is InChI=1S/C25H23Cl2N3O5S/c1-4-35-19-9-8-14(10-17(19)27)21-15(11-28)24(30-23(32)22(21)25(33)34-3)36-12-20(31)29-18-7-5-6-16(26)13(18)2/h5-10,21-22H,4,12H2,1-3H3,(H,29,31)(H,30,32)/t21-,22-/m1/s1. The first-order valence-electron chi connectivity index (χ1n) is 10.8. The SMILES string of the molecule is CCOc1ccc([C@@H]2C(C#N)=C(SCC(=O)Nc3cccc(Cl)c3C)NC(=O)[C@@H]2C(=O)OC)cc1Cl. The van der Waals surface area contributed by atoms with Crippen LogP contribution in [0.1, 0.15) is 24.0 Å². The lowest BCUT2D eigenvalue weighted by Gasteiger charge is -2.31. The van der Waals surface area contributed by atoms with Crippen LogP contribution >= 0.6 is 35.0 Å². The van der Waals surface area contributed by atoms with E-state index in [4.69, 9.17) is 32.7 Å². The molecule has 2 N–H and O–H groups in total. The molecule has 1 aliphatic rings. The molecule has 2 atom stereocenters. The molecule has 8 nitrogen and oxygen atoms in total. The Labute approximate surface area is 222 Å². The Morgan fingerprint density at radius 1 is 1.22 bits per heavy atom. The van der Waals surface area contributed by atoms with E-state index in [1.807, 2.05) is 6.92 Å².